The molecule has 8 rings (SSSR count). The van der Waals surface area contributed by atoms with Crippen molar-refractivity contribution in [3.05, 3.63) is 59.7 Å². The van der Waals surface area contributed by atoms with Gasteiger partial charge >= 0.3 is 0 Å². The van der Waals surface area contributed by atoms with Crippen LogP contribution in [0.4, 0.5) is 5.69 Å². The van der Waals surface area contributed by atoms with E-state index in [4.69, 9.17) is 4.74 Å². The van der Waals surface area contributed by atoms with Crippen molar-refractivity contribution in [2.24, 2.45) is 17.8 Å². The minimum Gasteiger partial charge on any atom is -0.494 e. The lowest BCUT2D eigenvalue weighted by Crippen LogP contribution is -2.58. The van der Waals surface area contributed by atoms with Gasteiger partial charge in [0, 0.05) is 42.3 Å². The molecule has 0 aromatic heterocycles. The van der Waals surface area contributed by atoms with E-state index in [2.05, 4.69) is 17.4 Å². The fraction of sp³-hybridized carbons (Fsp3) is 0.611. The summed E-state index contributed by atoms with van der Waals surface area (Å²) in [6, 6.07) is 16.1. The lowest BCUT2D eigenvalue weighted by molar-refractivity contribution is -0.119. The zero-order valence-corrected chi connectivity index (χ0v) is 25.1. The van der Waals surface area contributed by atoms with Gasteiger partial charge in [-0.3, -0.25) is 9.59 Å². The van der Waals surface area contributed by atoms with Gasteiger partial charge in [-0.1, -0.05) is 18.2 Å². The van der Waals surface area contributed by atoms with Crippen LogP contribution in [0.3, 0.4) is 0 Å². The Balaban J connectivity index is 0.815. The van der Waals surface area contributed by atoms with Gasteiger partial charge in [-0.25, -0.2) is 0 Å². The molecule has 0 unspecified atom stereocenters. The van der Waals surface area contributed by atoms with Crippen molar-refractivity contribution in [2.75, 3.05) is 31.1 Å². The molecule has 0 radical (unpaired) electrons. The molecule has 2 amide bonds. The zero-order valence-electron chi connectivity index (χ0n) is 25.1. The van der Waals surface area contributed by atoms with E-state index >= 15 is 0 Å². The van der Waals surface area contributed by atoms with Gasteiger partial charge in [-0.05, 0) is 137 Å². The van der Waals surface area contributed by atoms with Crippen LogP contribution in [-0.2, 0) is 11.2 Å². The number of carbonyl (C=O) groups excluding carboxylic acids is 2. The zero-order chi connectivity index (χ0) is 28.5. The second-order valence-corrected chi connectivity index (χ2v) is 14.0. The predicted molar refractivity (Wildman–Crippen MR) is 166 cm³/mol. The third kappa shape index (κ3) is 5.84. The summed E-state index contributed by atoms with van der Waals surface area (Å²) in [6.07, 6.45) is 15.3. The van der Waals surface area contributed by atoms with Gasteiger partial charge in [-0.2, -0.15) is 0 Å². The fourth-order valence-corrected chi connectivity index (χ4v) is 9.33. The van der Waals surface area contributed by atoms with Crippen LogP contribution in [0.5, 0.6) is 5.75 Å². The monoisotopic (exact) mass is 569 g/mol. The number of nitrogens with one attached hydrogen (secondary N) is 1. The summed E-state index contributed by atoms with van der Waals surface area (Å²) in [7, 11) is 0. The second kappa shape index (κ2) is 12.0. The number of para-hydroxylation sites is 1. The van der Waals surface area contributed by atoms with Crippen molar-refractivity contribution in [2.45, 2.75) is 95.1 Å². The van der Waals surface area contributed by atoms with E-state index in [0.717, 1.165) is 68.0 Å². The molecule has 1 saturated heterocycles. The highest BCUT2D eigenvalue weighted by molar-refractivity contribution is 5.97. The summed E-state index contributed by atoms with van der Waals surface area (Å²) >= 11 is 0. The molecule has 224 valence electrons. The number of rotatable bonds is 10. The number of amides is 2. The van der Waals surface area contributed by atoms with Crippen molar-refractivity contribution in [1.82, 2.24) is 10.2 Å². The average Bonchev–Trinajstić information content (AvgIpc) is 3.00. The molecule has 6 nitrogen and oxygen atoms in total. The summed E-state index contributed by atoms with van der Waals surface area (Å²) in [5.74, 6) is 4.11. The van der Waals surface area contributed by atoms with Crippen molar-refractivity contribution in [3.63, 3.8) is 0 Å². The maximum atomic E-state index is 13.2. The Morgan fingerprint density at radius 3 is 2.26 bits per heavy atom. The van der Waals surface area contributed by atoms with Crippen LogP contribution in [-0.4, -0.2) is 54.5 Å². The molecular weight excluding hydrogens is 522 g/mol. The number of benzene rings is 2. The molecule has 1 N–H and O–H groups in total. The van der Waals surface area contributed by atoms with Crippen LogP contribution >= 0.6 is 0 Å². The van der Waals surface area contributed by atoms with Crippen molar-refractivity contribution in [1.29, 1.82) is 0 Å². The van der Waals surface area contributed by atoms with Crippen molar-refractivity contribution < 1.29 is 14.3 Å². The number of nitrogens with zero attached hydrogens (tertiary/aromatic N) is 2. The standard InChI is InChI=1S/C36H47N3O3/c40-34-13-10-29-6-2-3-7-33(29)39(34)31-14-17-38(18-15-31)35(41)30-8-11-32(12-9-30)42-19-5-1-4-16-37-36-23-26-20-27(24-36)22-28(21-26)25-36/h2-3,6-9,11-12,26-28,31,37H,1,4-5,10,13-25H2. The summed E-state index contributed by atoms with van der Waals surface area (Å²) in [6.45, 7) is 3.20. The summed E-state index contributed by atoms with van der Waals surface area (Å²) < 4.78 is 6.00. The van der Waals surface area contributed by atoms with Crippen LogP contribution in [0.15, 0.2) is 48.5 Å². The number of anilines is 1. The van der Waals surface area contributed by atoms with Gasteiger partial charge in [0.05, 0.1) is 6.61 Å². The number of hydrogen-bond donors (Lipinski definition) is 1. The van der Waals surface area contributed by atoms with Gasteiger partial charge in [0.2, 0.25) is 5.91 Å². The number of hydrogen-bond acceptors (Lipinski definition) is 4. The number of piperidine rings is 1. The maximum Gasteiger partial charge on any atom is 0.253 e. The first-order chi connectivity index (χ1) is 20.6. The van der Waals surface area contributed by atoms with Crippen LogP contribution < -0.4 is 15.0 Å². The molecule has 42 heavy (non-hydrogen) atoms. The Morgan fingerprint density at radius 2 is 1.55 bits per heavy atom. The van der Waals surface area contributed by atoms with Crippen LogP contribution in [0.25, 0.3) is 0 Å². The van der Waals surface area contributed by atoms with Gasteiger partial charge < -0.3 is 19.9 Å². The number of fused-ring (bicyclic) bond motifs is 1. The largest absolute Gasteiger partial charge is 0.494 e. The first-order valence-corrected chi connectivity index (χ1v) is 16.7. The first kappa shape index (κ1) is 27.9. The Kier molecular flexibility index (Phi) is 8.00. The normalized spacial score (nSPS) is 28.7. The van der Waals surface area contributed by atoms with E-state index in [1.807, 2.05) is 46.2 Å². The Labute approximate surface area is 251 Å². The quantitative estimate of drug-likeness (QED) is 0.338. The summed E-state index contributed by atoms with van der Waals surface area (Å²) in [5.41, 5.74) is 3.49. The van der Waals surface area contributed by atoms with Crippen LogP contribution in [0.2, 0.25) is 0 Å². The smallest absolute Gasteiger partial charge is 0.253 e. The van der Waals surface area contributed by atoms with E-state index in [1.54, 1.807) is 0 Å². The Morgan fingerprint density at radius 1 is 0.857 bits per heavy atom. The Hall–Kier alpha value is -2.86. The van der Waals surface area contributed by atoms with Crippen molar-refractivity contribution >= 4 is 17.5 Å². The topological polar surface area (TPSA) is 61.9 Å². The van der Waals surface area contributed by atoms with E-state index in [-0.39, 0.29) is 17.9 Å². The van der Waals surface area contributed by atoms with Gasteiger partial charge in [0.1, 0.15) is 5.75 Å². The van der Waals surface area contributed by atoms with Gasteiger partial charge in [0.25, 0.3) is 5.91 Å². The lowest BCUT2D eigenvalue weighted by atomic mass is 9.53. The molecular formula is C36H47N3O3. The van der Waals surface area contributed by atoms with E-state index in [1.165, 1.54) is 56.9 Å². The molecule has 6 heteroatoms. The number of ether oxygens (including phenoxy) is 1. The Bertz CT molecular complexity index is 1230. The van der Waals surface area contributed by atoms with Gasteiger partial charge in [0.15, 0.2) is 0 Å². The summed E-state index contributed by atoms with van der Waals surface area (Å²) in [5, 5.41) is 4.01. The molecule has 5 fully saturated rings. The van der Waals surface area contributed by atoms with Gasteiger partial charge in [-0.15, -0.1) is 0 Å². The molecule has 0 spiro atoms. The van der Waals surface area contributed by atoms with Crippen LogP contribution in [0, 0.1) is 17.8 Å². The number of unbranched alkanes of at least 4 members (excludes halogenated alkanes) is 2. The fourth-order valence-electron chi connectivity index (χ4n) is 9.33. The number of aryl methyl sites for hydroxylation is 1. The first-order valence-electron chi connectivity index (χ1n) is 16.7. The third-order valence-corrected chi connectivity index (χ3v) is 11.0. The van der Waals surface area contributed by atoms with Crippen LogP contribution in [0.1, 0.15) is 93.0 Å². The highest BCUT2D eigenvalue weighted by Crippen LogP contribution is 2.55. The number of carbonyl (C=O) groups is 2. The summed E-state index contributed by atoms with van der Waals surface area (Å²) in [4.78, 5) is 30.0. The molecule has 2 heterocycles. The SMILES string of the molecule is O=C(c1ccc(OCCCCCNC23CC4CC(CC(C4)C2)C3)cc1)N1CCC(N2C(=O)CCc3ccccc32)CC1. The maximum absolute atomic E-state index is 13.2. The third-order valence-electron chi connectivity index (χ3n) is 11.0. The minimum atomic E-state index is 0.0666. The highest BCUT2D eigenvalue weighted by atomic mass is 16.5. The molecule has 4 aliphatic carbocycles. The lowest BCUT2D eigenvalue weighted by Gasteiger charge is -2.57. The van der Waals surface area contributed by atoms with E-state index in [0.29, 0.717) is 30.6 Å². The molecule has 4 bridgehead atoms. The molecule has 2 aromatic carbocycles. The molecule has 6 aliphatic rings. The molecule has 2 aromatic rings. The van der Waals surface area contributed by atoms with E-state index < -0.39 is 0 Å². The predicted octanol–water partition coefficient (Wildman–Crippen LogP) is 6.38. The molecule has 2 aliphatic heterocycles. The molecule has 4 saturated carbocycles. The second-order valence-electron chi connectivity index (χ2n) is 14.0. The minimum absolute atomic E-state index is 0.0666. The average molecular weight is 570 g/mol. The molecule has 0 atom stereocenters. The van der Waals surface area contributed by atoms with E-state index in [9.17, 15) is 9.59 Å². The highest BCUT2D eigenvalue weighted by Gasteiger charge is 2.50. The van der Waals surface area contributed by atoms with Crippen molar-refractivity contribution in [3.8, 4) is 5.75 Å². The number of likely N-dealkylation sites (tertiary alicyclic amines) is 1.